The maximum absolute atomic E-state index is 12.8. The van der Waals surface area contributed by atoms with Crippen LogP contribution in [0.1, 0.15) is 0 Å². The van der Waals surface area contributed by atoms with Gasteiger partial charge in [-0.05, 0) is 36.4 Å². The van der Waals surface area contributed by atoms with Crippen molar-refractivity contribution < 1.29 is 9.59 Å². The first kappa shape index (κ1) is 16.5. The molecule has 0 aromatic carbocycles. The molecule has 0 aliphatic rings. The molecular weight excluding hydrogens is 344 g/mol. The van der Waals surface area contributed by atoms with Gasteiger partial charge in [0.2, 0.25) is 6.41 Å². The maximum atomic E-state index is 12.8. The van der Waals surface area contributed by atoms with Gasteiger partial charge in [-0.25, -0.2) is 14.7 Å². The number of imide groups is 1. The Balaban J connectivity index is 1.88. The minimum absolute atomic E-state index is 0.186. The summed E-state index contributed by atoms with van der Waals surface area (Å²) in [5.41, 5.74) is 1.73. The summed E-state index contributed by atoms with van der Waals surface area (Å²) in [6, 6.07) is 9.83. The molecule has 0 saturated carbocycles. The van der Waals surface area contributed by atoms with Crippen LogP contribution >= 0.6 is 0 Å². The highest BCUT2D eigenvalue weighted by Crippen LogP contribution is 2.22. The molecule has 27 heavy (non-hydrogen) atoms. The average Bonchev–Trinajstić information content (AvgIpc) is 2.71. The van der Waals surface area contributed by atoms with Gasteiger partial charge < -0.3 is 4.57 Å². The minimum Gasteiger partial charge on any atom is -0.335 e. The number of hydrogen-bond acceptors (Lipinski definition) is 5. The van der Waals surface area contributed by atoms with Gasteiger partial charge >= 0.3 is 6.03 Å². The Morgan fingerprint density at radius 2 is 1.70 bits per heavy atom. The SMILES string of the molecule is Cn1ccc2ncccc2c1=NC(=O)N(C=O)c1nccc2ncccc12. The second-order valence-electron chi connectivity index (χ2n) is 5.76. The van der Waals surface area contributed by atoms with Crippen molar-refractivity contribution in [3.8, 4) is 0 Å². The van der Waals surface area contributed by atoms with Crippen LogP contribution in [0.3, 0.4) is 0 Å². The molecule has 0 saturated heterocycles. The zero-order valence-corrected chi connectivity index (χ0v) is 14.4. The van der Waals surface area contributed by atoms with Crippen LogP contribution in [0, 0.1) is 0 Å². The fourth-order valence-corrected chi connectivity index (χ4v) is 2.83. The highest BCUT2D eigenvalue weighted by atomic mass is 16.2. The molecule has 0 fully saturated rings. The molecule has 0 unspecified atom stereocenters. The molecule has 4 rings (SSSR count). The molecule has 132 valence electrons. The highest BCUT2D eigenvalue weighted by Gasteiger charge is 2.19. The van der Waals surface area contributed by atoms with E-state index < -0.39 is 6.03 Å². The smallest absolute Gasteiger partial charge is 0.335 e. The third-order valence-electron chi connectivity index (χ3n) is 4.12. The Labute approximate surface area is 153 Å². The summed E-state index contributed by atoms with van der Waals surface area (Å²) in [6.45, 7) is 0. The molecule has 8 heteroatoms. The quantitative estimate of drug-likeness (QED) is 0.512. The number of hydrogen-bond donors (Lipinski definition) is 0. The van der Waals surface area contributed by atoms with Crippen LogP contribution in [0.4, 0.5) is 10.6 Å². The summed E-state index contributed by atoms with van der Waals surface area (Å²) in [5.74, 6) is 0.186. The molecule has 0 N–H and O–H groups in total. The van der Waals surface area contributed by atoms with E-state index in [1.165, 1.54) is 6.20 Å². The van der Waals surface area contributed by atoms with Crippen molar-refractivity contribution in [1.82, 2.24) is 19.5 Å². The lowest BCUT2D eigenvalue weighted by molar-refractivity contribution is -0.106. The van der Waals surface area contributed by atoms with Crippen LogP contribution in [0.5, 0.6) is 0 Å². The summed E-state index contributed by atoms with van der Waals surface area (Å²) in [5, 5.41) is 1.29. The van der Waals surface area contributed by atoms with Gasteiger partial charge in [-0.1, -0.05) is 0 Å². The van der Waals surface area contributed by atoms with E-state index in [0.29, 0.717) is 33.7 Å². The van der Waals surface area contributed by atoms with Gasteiger partial charge in [0, 0.05) is 42.6 Å². The molecule has 8 nitrogen and oxygen atoms in total. The number of aryl methyl sites for hydroxylation is 1. The molecule has 0 aliphatic heterocycles. The van der Waals surface area contributed by atoms with E-state index in [-0.39, 0.29) is 5.82 Å². The van der Waals surface area contributed by atoms with E-state index in [1.807, 2.05) is 12.1 Å². The van der Waals surface area contributed by atoms with Gasteiger partial charge in [0.25, 0.3) is 0 Å². The van der Waals surface area contributed by atoms with Crippen molar-refractivity contribution in [2.24, 2.45) is 12.0 Å². The topological polar surface area (TPSA) is 93.3 Å². The molecule has 4 aromatic rings. The fraction of sp³-hybridized carbons (Fsp3) is 0.0526. The molecule has 0 atom stereocenters. The molecule has 0 spiro atoms. The zero-order chi connectivity index (χ0) is 18.8. The van der Waals surface area contributed by atoms with Crippen LogP contribution < -0.4 is 10.4 Å². The number of anilines is 1. The molecule has 0 bridgehead atoms. The van der Waals surface area contributed by atoms with Crippen molar-refractivity contribution in [1.29, 1.82) is 0 Å². The summed E-state index contributed by atoms with van der Waals surface area (Å²) in [7, 11) is 1.77. The van der Waals surface area contributed by atoms with Gasteiger partial charge in [0.1, 0.15) is 5.49 Å². The van der Waals surface area contributed by atoms with E-state index in [4.69, 9.17) is 0 Å². The second kappa shape index (κ2) is 6.75. The zero-order valence-electron chi connectivity index (χ0n) is 14.4. The molecule has 3 amide bonds. The summed E-state index contributed by atoms with van der Waals surface area (Å²) < 4.78 is 1.70. The Morgan fingerprint density at radius 3 is 2.44 bits per heavy atom. The summed E-state index contributed by atoms with van der Waals surface area (Å²) >= 11 is 0. The van der Waals surface area contributed by atoms with Crippen LogP contribution in [0.25, 0.3) is 21.8 Å². The number of carbonyl (C=O) groups excluding carboxylic acids is 2. The van der Waals surface area contributed by atoms with Gasteiger partial charge in [-0.15, -0.1) is 0 Å². The van der Waals surface area contributed by atoms with Crippen molar-refractivity contribution in [3.63, 3.8) is 0 Å². The lowest BCUT2D eigenvalue weighted by Gasteiger charge is -2.13. The molecular formula is C19H14N6O2. The van der Waals surface area contributed by atoms with Crippen molar-refractivity contribution in [3.05, 3.63) is 66.7 Å². The van der Waals surface area contributed by atoms with Crippen LogP contribution in [-0.4, -0.2) is 32.0 Å². The normalized spacial score (nSPS) is 11.7. The molecule has 0 aliphatic carbocycles. The number of fused-ring (bicyclic) bond motifs is 2. The van der Waals surface area contributed by atoms with Gasteiger partial charge in [0.15, 0.2) is 5.82 Å². The van der Waals surface area contributed by atoms with Crippen LogP contribution in [0.2, 0.25) is 0 Å². The third kappa shape index (κ3) is 2.93. The van der Waals surface area contributed by atoms with E-state index in [0.717, 1.165) is 4.90 Å². The fourth-order valence-electron chi connectivity index (χ4n) is 2.83. The van der Waals surface area contributed by atoms with Crippen molar-refractivity contribution in [2.75, 3.05) is 4.90 Å². The first-order valence-electron chi connectivity index (χ1n) is 8.12. The Bertz CT molecular complexity index is 1240. The van der Waals surface area contributed by atoms with Gasteiger partial charge in [-0.2, -0.15) is 4.99 Å². The van der Waals surface area contributed by atoms with Crippen LogP contribution in [0.15, 0.2) is 66.2 Å². The Morgan fingerprint density at radius 1 is 1.00 bits per heavy atom. The van der Waals surface area contributed by atoms with E-state index in [2.05, 4.69) is 19.9 Å². The Hall–Kier alpha value is -3.94. The minimum atomic E-state index is -0.749. The number of aromatic nitrogens is 4. The maximum Gasteiger partial charge on any atom is 0.357 e. The molecule has 4 aromatic heterocycles. The lowest BCUT2D eigenvalue weighted by atomic mass is 10.2. The predicted octanol–water partition coefficient (Wildman–Crippen LogP) is 2.20. The van der Waals surface area contributed by atoms with Crippen LogP contribution in [-0.2, 0) is 11.8 Å². The number of pyridine rings is 4. The Kier molecular flexibility index (Phi) is 4.13. The van der Waals surface area contributed by atoms with Crippen molar-refractivity contribution in [2.45, 2.75) is 0 Å². The number of rotatable bonds is 2. The monoisotopic (exact) mass is 358 g/mol. The molecule has 4 heterocycles. The summed E-state index contributed by atoms with van der Waals surface area (Å²) in [6.07, 6.45) is 6.96. The highest BCUT2D eigenvalue weighted by molar-refractivity contribution is 6.11. The van der Waals surface area contributed by atoms with Gasteiger partial charge in [-0.3, -0.25) is 14.8 Å². The summed E-state index contributed by atoms with van der Waals surface area (Å²) in [4.78, 5) is 42.2. The van der Waals surface area contributed by atoms with Crippen molar-refractivity contribution >= 4 is 40.1 Å². The predicted molar refractivity (Wildman–Crippen MR) is 99.8 cm³/mol. The first-order chi connectivity index (χ1) is 13.2. The number of nitrogens with zero attached hydrogens (tertiary/aromatic N) is 6. The van der Waals surface area contributed by atoms with E-state index >= 15 is 0 Å². The first-order valence-corrected chi connectivity index (χ1v) is 8.12. The van der Waals surface area contributed by atoms with E-state index in [9.17, 15) is 9.59 Å². The number of amides is 3. The average molecular weight is 358 g/mol. The second-order valence-corrected chi connectivity index (χ2v) is 5.76. The lowest BCUT2D eigenvalue weighted by Crippen LogP contribution is -2.31. The standard InChI is InChI=1S/C19H14N6O2/c1-24-11-7-16-14(5-3-9-21-16)18(24)23-19(27)25(12-26)17-13-4-2-8-20-15(13)6-10-22-17/h2-12H,1H3. The van der Waals surface area contributed by atoms with E-state index in [1.54, 1.807) is 54.5 Å². The molecule has 0 radical (unpaired) electrons. The number of carbonyl (C=O) groups is 2. The third-order valence-corrected chi connectivity index (χ3v) is 4.12. The number of urea groups is 1. The van der Waals surface area contributed by atoms with Gasteiger partial charge in [0.05, 0.1) is 11.0 Å². The largest absolute Gasteiger partial charge is 0.357 e.